The van der Waals surface area contributed by atoms with Crippen molar-refractivity contribution in [3.63, 3.8) is 0 Å². The monoisotopic (exact) mass is 721 g/mol. The van der Waals surface area contributed by atoms with Gasteiger partial charge in [-0.3, -0.25) is 28.8 Å². The number of carboxylic acids is 6. The van der Waals surface area contributed by atoms with Gasteiger partial charge in [-0.05, 0) is 51.5 Å². The molecule has 0 bridgehead atoms. The molecule has 0 aromatic rings. The highest BCUT2D eigenvalue weighted by Crippen LogP contribution is 2.13. The maximum atomic E-state index is 10.3. The maximum absolute atomic E-state index is 10.3. The van der Waals surface area contributed by atoms with Crippen molar-refractivity contribution in [2.75, 3.05) is 6.54 Å². The molecular formula is C37H71NO12. The van der Waals surface area contributed by atoms with E-state index in [4.69, 9.17) is 36.4 Å². The van der Waals surface area contributed by atoms with Crippen LogP contribution in [-0.2, 0) is 28.8 Å². The first kappa shape index (κ1) is 53.6. The lowest BCUT2D eigenvalue weighted by atomic mass is 10.0. The van der Waals surface area contributed by atoms with E-state index < -0.39 is 35.8 Å². The van der Waals surface area contributed by atoms with Crippen molar-refractivity contribution in [3.8, 4) is 0 Å². The van der Waals surface area contributed by atoms with Crippen LogP contribution < -0.4 is 5.73 Å². The molecule has 0 saturated heterocycles. The van der Waals surface area contributed by atoms with Crippen molar-refractivity contribution >= 4 is 35.8 Å². The number of aliphatic carboxylic acids is 6. The highest BCUT2D eigenvalue weighted by Gasteiger charge is 2.00. The second-order valence-electron chi connectivity index (χ2n) is 12.4. The Morgan fingerprint density at radius 2 is 0.460 bits per heavy atom. The second-order valence-corrected chi connectivity index (χ2v) is 12.4. The summed E-state index contributed by atoms with van der Waals surface area (Å²) in [6, 6.07) is 0. The lowest BCUT2D eigenvalue weighted by Gasteiger charge is -2.02. The minimum Gasteiger partial charge on any atom is -0.481 e. The van der Waals surface area contributed by atoms with Gasteiger partial charge in [0.05, 0.1) is 0 Å². The minimum absolute atomic E-state index is 0.139. The fourth-order valence-electron chi connectivity index (χ4n) is 4.53. The van der Waals surface area contributed by atoms with Crippen molar-refractivity contribution < 1.29 is 59.4 Å². The molecule has 0 unspecified atom stereocenters. The largest absolute Gasteiger partial charge is 0.481 e. The zero-order valence-corrected chi connectivity index (χ0v) is 30.9. The highest BCUT2D eigenvalue weighted by molar-refractivity contribution is 5.68. The van der Waals surface area contributed by atoms with Gasteiger partial charge in [0.25, 0.3) is 0 Å². The quantitative estimate of drug-likeness (QED) is 0.0321. The lowest BCUT2D eigenvalue weighted by Crippen LogP contribution is -2.00. The summed E-state index contributed by atoms with van der Waals surface area (Å²) in [5, 5.41) is 49.6. The molecule has 0 saturated carbocycles. The average Bonchev–Trinajstić information content (AvgIpc) is 3.03. The molecule has 13 heteroatoms. The van der Waals surface area contributed by atoms with Gasteiger partial charge in [-0.1, -0.05) is 110 Å². The number of rotatable bonds is 32. The molecule has 8 N–H and O–H groups in total. The molecule has 296 valence electrons. The van der Waals surface area contributed by atoms with E-state index in [1.807, 2.05) is 0 Å². The fourth-order valence-corrected chi connectivity index (χ4v) is 4.53. The molecule has 50 heavy (non-hydrogen) atoms. The fraction of sp³-hybridized carbons (Fsp3) is 0.838. The normalized spacial score (nSPS) is 9.96. The van der Waals surface area contributed by atoms with Crippen LogP contribution in [0.2, 0.25) is 0 Å². The number of unbranched alkanes of at least 4 members (excludes halogenated alkanes) is 19. The van der Waals surface area contributed by atoms with Crippen LogP contribution in [0.1, 0.15) is 193 Å². The van der Waals surface area contributed by atoms with Crippen LogP contribution in [0, 0.1) is 0 Å². The summed E-state index contributed by atoms with van der Waals surface area (Å²) >= 11 is 0. The van der Waals surface area contributed by atoms with Gasteiger partial charge >= 0.3 is 35.8 Å². The predicted molar refractivity (Wildman–Crippen MR) is 194 cm³/mol. The summed E-state index contributed by atoms with van der Waals surface area (Å²) in [7, 11) is 0. The van der Waals surface area contributed by atoms with Crippen LogP contribution in [0.4, 0.5) is 0 Å². The maximum Gasteiger partial charge on any atom is 0.303 e. The Bertz CT molecular complexity index is 786. The van der Waals surface area contributed by atoms with Gasteiger partial charge in [-0.25, -0.2) is 0 Å². The first-order valence-corrected chi connectivity index (χ1v) is 18.8. The Morgan fingerprint density at radius 3 is 0.640 bits per heavy atom. The molecule has 0 aromatic carbocycles. The number of hydrogen-bond acceptors (Lipinski definition) is 7. The summed E-state index contributed by atoms with van der Waals surface area (Å²) in [6.07, 6.45) is 25.7. The zero-order chi connectivity index (χ0) is 38.7. The average molecular weight is 722 g/mol. The number of nitrogens with two attached hydrogens (primary N) is 1. The predicted octanol–water partition coefficient (Wildman–Crippen LogP) is 8.74. The van der Waals surface area contributed by atoms with Gasteiger partial charge in [-0.15, -0.1) is 0 Å². The Kier molecular flexibility index (Phi) is 49.0. The third-order valence-electron chi connectivity index (χ3n) is 7.40. The highest BCUT2D eigenvalue weighted by atomic mass is 16.4. The van der Waals surface area contributed by atoms with Crippen LogP contribution in [-0.4, -0.2) is 73.0 Å². The van der Waals surface area contributed by atoms with Crippen molar-refractivity contribution in [2.24, 2.45) is 5.73 Å². The van der Waals surface area contributed by atoms with Crippen LogP contribution in [0.3, 0.4) is 0 Å². The third kappa shape index (κ3) is 71.0. The second kappa shape index (κ2) is 45.8. The Balaban J connectivity index is -0.000000294. The molecule has 0 heterocycles. The number of carbonyl (C=O) groups is 6. The standard InChI is InChI=1S/C16H32O2.C9H16O4.C7H12O4.C5H11NO2/c1-2-3-4-5-6-7-8-9-10-11-12-13-14-15-16(17)18;10-8(11)6-4-2-1-3-5-7-9(12)13;8-6(9)4-2-1-3-5-7(10)11;6-4-2-1-3-5(7)8/h2-15H2,1H3,(H,17,18);1-7H2,(H,10,11)(H,12,13);1-5H2,(H,8,9)(H,10,11);1-4,6H2,(H,7,8). The van der Waals surface area contributed by atoms with Crippen molar-refractivity contribution in [3.05, 3.63) is 0 Å². The van der Waals surface area contributed by atoms with E-state index in [-0.39, 0.29) is 32.1 Å². The molecule has 0 atom stereocenters. The van der Waals surface area contributed by atoms with Gasteiger partial charge < -0.3 is 36.4 Å². The van der Waals surface area contributed by atoms with Gasteiger partial charge in [0.15, 0.2) is 0 Å². The molecular weight excluding hydrogens is 650 g/mol. The summed E-state index contributed by atoms with van der Waals surface area (Å²) in [5.41, 5.74) is 5.12. The summed E-state index contributed by atoms with van der Waals surface area (Å²) in [5.74, 6) is -4.55. The molecule has 0 fully saturated rings. The summed E-state index contributed by atoms with van der Waals surface area (Å²) in [4.78, 5) is 60.3. The van der Waals surface area contributed by atoms with E-state index in [1.54, 1.807) is 0 Å². The van der Waals surface area contributed by atoms with Gasteiger partial charge in [-0.2, -0.15) is 0 Å². The Labute approximate surface area is 300 Å². The first-order chi connectivity index (χ1) is 23.8. The summed E-state index contributed by atoms with van der Waals surface area (Å²) in [6.45, 7) is 2.85. The smallest absolute Gasteiger partial charge is 0.303 e. The molecule has 0 aliphatic heterocycles. The Hall–Kier alpha value is -3.22. The molecule has 0 aromatic heterocycles. The van der Waals surface area contributed by atoms with Gasteiger partial charge in [0.2, 0.25) is 0 Å². The van der Waals surface area contributed by atoms with Crippen LogP contribution in [0.15, 0.2) is 0 Å². The topological polar surface area (TPSA) is 250 Å². The first-order valence-electron chi connectivity index (χ1n) is 18.8. The van der Waals surface area contributed by atoms with Crippen LogP contribution >= 0.6 is 0 Å². The van der Waals surface area contributed by atoms with E-state index in [0.717, 1.165) is 38.5 Å². The van der Waals surface area contributed by atoms with Gasteiger partial charge in [0.1, 0.15) is 0 Å². The van der Waals surface area contributed by atoms with E-state index in [0.29, 0.717) is 51.5 Å². The van der Waals surface area contributed by atoms with Crippen molar-refractivity contribution in [2.45, 2.75) is 193 Å². The van der Waals surface area contributed by atoms with Crippen LogP contribution in [0.5, 0.6) is 0 Å². The molecule has 0 amide bonds. The van der Waals surface area contributed by atoms with Crippen LogP contribution in [0.25, 0.3) is 0 Å². The summed E-state index contributed by atoms with van der Waals surface area (Å²) < 4.78 is 0. The lowest BCUT2D eigenvalue weighted by molar-refractivity contribution is -0.138. The molecule has 0 aliphatic rings. The third-order valence-corrected chi connectivity index (χ3v) is 7.40. The Morgan fingerprint density at radius 1 is 0.300 bits per heavy atom. The van der Waals surface area contributed by atoms with E-state index in [2.05, 4.69) is 6.92 Å². The zero-order valence-electron chi connectivity index (χ0n) is 30.9. The van der Waals surface area contributed by atoms with E-state index in [1.165, 1.54) is 70.6 Å². The number of carboxylic acid groups (broad SMARTS) is 6. The molecule has 0 rings (SSSR count). The molecule has 0 aliphatic carbocycles. The van der Waals surface area contributed by atoms with E-state index in [9.17, 15) is 28.8 Å². The SMILES string of the molecule is CCCCCCCCCCCCCCCC(=O)O.NCCCCC(=O)O.O=C(O)CCCCCC(=O)O.O=C(O)CCCCCCCC(=O)O. The molecule has 13 nitrogen and oxygen atoms in total. The van der Waals surface area contributed by atoms with E-state index >= 15 is 0 Å². The van der Waals surface area contributed by atoms with Crippen molar-refractivity contribution in [1.82, 2.24) is 0 Å². The molecule has 0 radical (unpaired) electrons. The molecule has 0 spiro atoms. The minimum atomic E-state index is -0.819. The van der Waals surface area contributed by atoms with Crippen molar-refractivity contribution in [1.29, 1.82) is 0 Å². The van der Waals surface area contributed by atoms with Gasteiger partial charge in [0, 0.05) is 38.5 Å². The number of hydrogen-bond donors (Lipinski definition) is 7.